The highest BCUT2D eigenvalue weighted by atomic mass is 32.2. The molecule has 5 atom stereocenters. The normalized spacial score (nSPS) is 14.0. The second-order valence-electron chi connectivity index (χ2n) is 15.4. The molecule has 0 aliphatic heterocycles. The molecule has 3 N–H and O–H groups in total. The van der Waals surface area contributed by atoms with E-state index < -0.39 is 23.9 Å². The van der Waals surface area contributed by atoms with E-state index in [1.54, 1.807) is 36.0 Å². The fraction of sp³-hybridized carbons (Fsp3) is 0.683. The Kier molecular flexibility index (Phi) is 24.0. The van der Waals surface area contributed by atoms with Gasteiger partial charge in [0.15, 0.2) is 11.6 Å². The lowest BCUT2D eigenvalue weighted by molar-refractivity contribution is -0.133. The number of phenols is 1. The van der Waals surface area contributed by atoms with Crippen molar-refractivity contribution in [3.05, 3.63) is 29.8 Å². The van der Waals surface area contributed by atoms with Gasteiger partial charge in [0.2, 0.25) is 11.8 Å². The SMILES string of the molecule is CC(=O)C[C@@H](CC(C)C)C(=O)N[C@@H](CC(C)C)C(=O)C[C@@H](Cc1ccc(O)cc1)C(C)=O.CSCC[C@H](CC(=O)[C@H](CC(C)C)NC(C)=O)C(C)=O. The van der Waals surface area contributed by atoms with Crippen molar-refractivity contribution in [2.75, 3.05) is 12.0 Å². The van der Waals surface area contributed by atoms with Crippen molar-refractivity contribution in [3.8, 4) is 5.75 Å². The molecule has 0 aromatic heterocycles. The third kappa shape index (κ3) is 21.9. The fourth-order valence-corrected chi connectivity index (χ4v) is 6.49. The number of nitrogens with one attached hydrogen (secondary N) is 2. The Bertz CT molecular complexity index is 1310. The molecule has 0 bridgehead atoms. The Morgan fingerprint density at radius 3 is 1.50 bits per heavy atom. The van der Waals surface area contributed by atoms with Crippen molar-refractivity contribution in [2.24, 2.45) is 35.5 Å². The number of aromatic hydroxyl groups is 1. The van der Waals surface area contributed by atoms with E-state index in [0.717, 1.165) is 17.7 Å². The van der Waals surface area contributed by atoms with Gasteiger partial charge in [-0.05, 0) is 100 Å². The van der Waals surface area contributed by atoms with Gasteiger partial charge in [0.1, 0.15) is 23.1 Å². The highest BCUT2D eigenvalue weighted by Gasteiger charge is 2.30. The molecule has 0 aliphatic carbocycles. The predicted octanol–water partition coefficient (Wildman–Crippen LogP) is 6.73. The molecule has 10 nitrogen and oxygen atoms in total. The molecule has 11 heteroatoms. The lowest BCUT2D eigenvalue weighted by Crippen LogP contribution is -2.45. The largest absolute Gasteiger partial charge is 0.508 e. The van der Waals surface area contributed by atoms with Crippen molar-refractivity contribution in [1.29, 1.82) is 0 Å². The molecule has 0 unspecified atom stereocenters. The van der Waals surface area contributed by atoms with Crippen molar-refractivity contribution in [3.63, 3.8) is 0 Å². The van der Waals surface area contributed by atoms with E-state index in [9.17, 15) is 38.7 Å². The van der Waals surface area contributed by atoms with Crippen LogP contribution in [0.4, 0.5) is 0 Å². The molecule has 0 saturated heterocycles. The van der Waals surface area contributed by atoms with Crippen LogP contribution in [0.25, 0.3) is 0 Å². The number of benzene rings is 1. The summed E-state index contributed by atoms with van der Waals surface area (Å²) in [7, 11) is 0. The Morgan fingerprint density at radius 2 is 1.10 bits per heavy atom. The molecule has 0 aliphatic rings. The number of hydrogen-bond acceptors (Lipinski definition) is 9. The number of Topliss-reactive ketones (excluding diaryl/α,β-unsaturated/α-hetero) is 5. The van der Waals surface area contributed by atoms with Crippen LogP contribution >= 0.6 is 11.8 Å². The predicted molar refractivity (Wildman–Crippen MR) is 209 cm³/mol. The minimum Gasteiger partial charge on any atom is -0.508 e. The van der Waals surface area contributed by atoms with Gasteiger partial charge in [-0.1, -0.05) is 53.7 Å². The van der Waals surface area contributed by atoms with E-state index in [2.05, 4.69) is 10.6 Å². The van der Waals surface area contributed by atoms with Gasteiger partial charge in [-0.3, -0.25) is 28.8 Å². The smallest absolute Gasteiger partial charge is 0.224 e. The minimum atomic E-state index is -0.689. The first kappa shape index (κ1) is 48.7. The summed E-state index contributed by atoms with van der Waals surface area (Å²) in [6, 6.07) is 5.43. The van der Waals surface area contributed by atoms with E-state index in [0.29, 0.717) is 31.6 Å². The summed E-state index contributed by atoms with van der Waals surface area (Å²) in [5.41, 5.74) is 0.860. The lowest BCUT2D eigenvalue weighted by atomic mass is 9.87. The first-order valence-corrected chi connectivity index (χ1v) is 20.0. The van der Waals surface area contributed by atoms with Crippen molar-refractivity contribution < 1.29 is 38.7 Å². The second-order valence-corrected chi connectivity index (χ2v) is 16.4. The molecular weight excluding hydrogens is 681 g/mol. The number of thioether (sulfide) groups is 1. The zero-order valence-corrected chi connectivity index (χ0v) is 34.3. The van der Waals surface area contributed by atoms with Crippen LogP contribution < -0.4 is 10.6 Å². The summed E-state index contributed by atoms with van der Waals surface area (Å²) in [5.74, 6) is -0.195. The minimum absolute atomic E-state index is 0.0322. The highest BCUT2D eigenvalue weighted by molar-refractivity contribution is 7.98. The van der Waals surface area contributed by atoms with E-state index in [-0.39, 0.29) is 83.5 Å². The summed E-state index contributed by atoms with van der Waals surface area (Å²) in [6.07, 6.45) is 5.19. The standard InChI is InChI=1S/C26H39NO5.C15H27NO3S/c1-16(2)11-22(13-18(5)28)26(32)27-24(12-17(3)4)25(31)15-21(19(6)29)14-20-7-9-23(30)10-8-20;1-10(2)8-14(16-12(4)18)15(19)9-13(11(3)17)6-7-20-5/h7-10,16-17,21-22,24,30H,11-15H2,1-6H3,(H,27,32);10,13-14H,6-9H2,1-5H3,(H,16,18)/t21-,22-,24+;13-,14+/m11/s1. The van der Waals surface area contributed by atoms with Crippen LogP contribution in [0.15, 0.2) is 24.3 Å². The third-order valence-corrected chi connectivity index (χ3v) is 9.32. The average Bonchev–Trinajstić information content (AvgIpc) is 3.01. The molecule has 52 heavy (non-hydrogen) atoms. The molecule has 294 valence electrons. The molecule has 1 rings (SSSR count). The van der Waals surface area contributed by atoms with Crippen LogP contribution in [-0.4, -0.2) is 69.9 Å². The highest BCUT2D eigenvalue weighted by Crippen LogP contribution is 2.22. The van der Waals surface area contributed by atoms with Crippen LogP contribution in [0, 0.1) is 35.5 Å². The van der Waals surface area contributed by atoms with Crippen LogP contribution in [0.1, 0.15) is 120 Å². The maximum atomic E-state index is 13.2. The summed E-state index contributed by atoms with van der Waals surface area (Å²) in [6.45, 7) is 17.9. The molecular formula is C41H66N2O8S. The second kappa shape index (κ2) is 25.6. The molecule has 0 fully saturated rings. The van der Waals surface area contributed by atoms with Gasteiger partial charge in [-0.2, -0.15) is 11.8 Å². The van der Waals surface area contributed by atoms with Gasteiger partial charge >= 0.3 is 0 Å². The molecule has 0 spiro atoms. The maximum Gasteiger partial charge on any atom is 0.224 e. The van der Waals surface area contributed by atoms with Crippen molar-refractivity contribution in [1.82, 2.24) is 10.6 Å². The topological polar surface area (TPSA) is 164 Å². The van der Waals surface area contributed by atoms with Crippen LogP contribution in [-0.2, 0) is 40.0 Å². The summed E-state index contributed by atoms with van der Waals surface area (Å²) in [4.78, 5) is 85.1. The molecule has 2 amide bonds. The zero-order chi connectivity index (χ0) is 40.1. The van der Waals surface area contributed by atoms with E-state index >= 15 is 0 Å². The maximum absolute atomic E-state index is 13.2. The number of phenolic OH excluding ortho intramolecular Hbond substituents is 1. The molecule has 1 aromatic carbocycles. The summed E-state index contributed by atoms with van der Waals surface area (Å²) >= 11 is 1.67. The third-order valence-electron chi connectivity index (χ3n) is 8.68. The molecule has 0 heterocycles. The van der Waals surface area contributed by atoms with Gasteiger partial charge in [-0.25, -0.2) is 0 Å². The van der Waals surface area contributed by atoms with Gasteiger partial charge < -0.3 is 20.5 Å². The van der Waals surface area contributed by atoms with Gasteiger partial charge in [-0.15, -0.1) is 0 Å². The zero-order valence-electron chi connectivity index (χ0n) is 33.5. The van der Waals surface area contributed by atoms with Gasteiger partial charge in [0.05, 0.1) is 12.1 Å². The summed E-state index contributed by atoms with van der Waals surface area (Å²) in [5, 5.41) is 15.1. The Hall–Kier alpha value is -3.34. The van der Waals surface area contributed by atoms with Crippen LogP contribution in [0.5, 0.6) is 5.75 Å². The van der Waals surface area contributed by atoms with Gasteiger partial charge in [0.25, 0.3) is 0 Å². The first-order valence-electron chi connectivity index (χ1n) is 18.6. The van der Waals surface area contributed by atoms with Crippen LogP contribution in [0.3, 0.4) is 0 Å². The van der Waals surface area contributed by atoms with E-state index in [1.807, 2.05) is 47.8 Å². The number of amides is 2. The van der Waals surface area contributed by atoms with Gasteiger partial charge in [0, 0.05) is 43.9 Å². The number of hydrogen-bond donors (Lipinski definition) is 3. The van der Waals surface area contributed by atoms with Crippen molar-refractivity contribution >= 4 is 52.5 Å². The summed E-state index contributed by atoms with van der Waals surface area (Å²) < 4.78 is 0. The molecule has 0 radical (unpaired) electrons. The van der Waals surface area contributed by atoms with E-state index in [4.69, 9.17) is 0 Å². The first-order chi connectivity index (χ1) is 24.2. The Morgan fingerprint density at radius 1 is 0.635 bits per heavy atom. The number of carbonyl (C=O) groups is 7. The van der Waals surface area contributed by atoms with Crippen molar-refractivity contribution in [2.45, 2.75) is 133 Å². The molecule has 1 aromatic rings. The number of carbonyl (C=O) groups excluding carboxylic acids is 7. The van der Waals surface area contributed by atoms with E-state index in [1.165, 1.54) is 27.7 Å². The number of rotatable bonds is 24. The average molecular weight is 747 g/mol. The molecule has 0 saturated carbocycles. The monoisotopic (exact) mass is 746 g/mol. The Balaban J connectivity index is 0.00000112. The lowest BCUT2D eigenvalue weighted by Gasteiger charge is -2.25. The Labute approximate surface area is 316 Å². The van der Waals surface area contributed by atoms with Crippen LogP contribution in [0.2, 0.25) is 0 Å². The number of ketones is 5. The fourth-order valence-electron chi connectivity index (χ4n) is 5.97. The quantitative estimate of drug-likeness (QED) is 0.104.